The predicted octanol–water partition coefficient (Wildman–Crippen LogP) is 1.93. The quantitative estimate of drug-likeness (QED) is 0.814. The Hall–Kier alpha value is -1.88. The molecule has 0 radical (unpaired) electrons. The molecule has 0 aliphatic rings. The van der Waals surface area contributed by atoms with E-state index in [1.54, 1.807) is 12.1 Å². The molecular weight excluding hydrogens is 214 g/mol. The van der Waals surface area contributed by atoms with Crippen LogP contribution in [0.25, 0.3) is 16.3 Å². The van der Waals surface area contributed by atoms with E-state index in [0.29, 0.717) is 5.52 Å². The smallest absolute Gasteiger partial charge is 0.341 e. The number of carboxylic acid groups (broad SMARTS) is 1. The van der Waals surface area contributed by atoms with Crippen molar-refractivity contribution in [2.24, 2.45) is 0 Å². The van der Waals surface area contributed by atoms with Crippen LogP contribution in [0.5, 0.6) is 0 Å². The number of aromatic amines is 1. The second-order valence-electron chi connectivity index (χ2n) is 2.95. The fourth-order valence-corrected chi connectivity index (χ4v) is 2.19. The van der Waals surface area contributed by atoms with Crippen molar-refractivity contribution in [1.82, 2.24) is 4.98 Å². The number of pyridine rings is 1. The van der Waals surface area contributed by atoms with Gasteiger partial charge in [0.25, 0.3) is 5.56 Å². The lowest BCUT2D eigenvalue weighted by Gasteiger charge is -1.92. The number of carboxylic acids is 1. The molecule has 0 bridgehead atoms. The first-order valence-corrected chi connectivity index (χ1v) is 4.96. The molecule has 0 saturated heterocycles. The molecule has 2 rings (SSSR count). The Morgan fingerprint density at radius 3 is 2.87 bits per heavy atom. The van der Waals surface area contributed by atoms with Gasteiger partial charge in [0.05, 0.1) is 10.2 Å². The maximum atomic E-state index is 11.3. The van der Waals surface area contributed by atoms with E-state index >= 15 is 0 Å². The van der Waals surface area contributed by atoms with E-state index < -0.39 is 11.5 Å². The van der Waals surface area contributed by atoms with Crippen LogP contribution in [0.2, 0.25) is 0 Å². The minimum atomic E-state index is -1.22. The molecular formula is C10H7NO3S. The first-order valence-electron chi connectivity index (χ1n) is 4.14. The summed E-state index contributed by atoms with van der Waals surface area (Å²) in [6.45, 7) is 3.61. The first kappa shape index (κ1) is 9.67. The van der Waals surface area contributed by atoms with Crippen LogP contribution in [0, 0.1) is 0 Å². The minimum absolute atomic E-state index is 0.236. The van der Waals surface area contributed by atoms with Gasteiger partial charge in [-0.15, -0.1) is 11.3 Å². The molecule has 2 heterocycles. The summed E-state index contributed by atoms with van der Waals surface area (Å²) in [7, 11) is 0. The lowest BCUT2D eigenvalue weighted by Crippen LogP contribution is -2.16. The molecule has 0 fully saturated rings. The number of carbonyl (C=O) groups is 1. The van der Waals surface area contributed by atoms with Crippen LogP contribution in [-0.2, 0) is 0 Å². The SMILES string of the molecule is C=Cc1cc2[nH]c(=O)c(C(=O)O)cc2s1. The summed E-state index contributed by atoms with van der Waals surface area (Å²) < 4.78 is 0.738. The zero-order valence-corrected chi connectivity index (χ0v) is 8.43. The minimum Gasteiger partial charge on any atom is -0.477 e. The average molecular weight is 221 g/mol. The molecule has 0 aliphatic carbocycles. The summed E-state index contributed by atoms with van der Waals surface area (Å²) in [6, 6.07) is 3.15. The number of hydrogen-bond donors (Lipinski definition) is 2. The highest BCUT2D eigenvalue weighted by Crippen LogP contribution is 2.24. The molecule has 0 unspecified atom stereocenters. The topological polar surface area (TPSA) is 70.2 Å². The highest BCUT2D eigenvalue weighted by Gasteiger charge is 2.11. The second kappa shape index (κ2) is 3.36. The molecule has 2 aromatic rings. The maximum absolute atomic E-state index is 11.3. The number of hydrogen-bond acceptors (Lipinski definition) is 3. The van der Waals surface area contributed by atoms with Gasteiger partial charge in [0, 0.05) is 4.88 Å². The highest BCUT2D eigenvalue weighted by atomic mass is 32.1. The van der Waals surface area contributed by atoms with Gasteiger partial charge in [0.1, 0.15) is 5.56 Å². The summed E-state index contributed by atoms with van der Waals surface area (Å²) in [6.07, 6.45) is 1.66. The molecule has 0 aliphatic heterocycles. The van der Waals surface area contributed by atoms with Gasteiger partial charge in [-0.05, 0) is 12.1 Å². The Morgan fingerprint density at radius 2 is 2.27 bits per heavy atom. The summed E-state index contributed by atoms with van der Waals surface area (Å²) in [5.41, 5.74) is -0.173. The molecule has 2 N–H and O–H groups in total. The van der Waals surface area contributed by atoms with Crippen LogP contribution in [0.4, 0.5) is 0 Å². The van der Waals surface area contributed by atoms with Crippen LogP contribution in [0.15, 0.2) is 23.5 Å². The Labute approximate surface area is 88.5 Å². The van der Waals surface area contributed by atoms with Crippen molar-refractivity contribution in [3.63, 3.8) is 0 Å². The van der Waals surface area contributed by atoms with Crippen molar-refractivity contribution < 1.29 is 9.90 Å². The standard InChI is InChI=1S/C10H7NO3S/c1-2-5-3-7-8(15-5)4-6(10(13)14)9(12)11-7/h2-4H,1H2,(H,11,12)(H,13,14). The zero-order valence-electron chi connectivity index (χ0n) is 7.61. The molecule has 5 heteroatoms. The Balaban J connectivity index is 2.79. The number of H-pyrrole nitrogens is 1. The third-order valence-corrected chi connectivity index (χ3v) is 3.06. The predicted molar refractivity (Wildman–Crippen MR) is 59.5 cm³/mol. The normalized spacial score (nSPS) is 10.4. The summed E-state index contributed by atoms with van der Waals surface area (Å²) in [5, 5.41) is 8.75. The number of thiophene rings is 1. The number of fused-ring (bicyclic) bond motifs is 1. The molecule has 0 spiro atoms. The van der Waals surface area contributed by atoms with Crippen molar-refractivity contribution in [2.45, 2.75) is 0 Å². The van der Waals surface area contributed by atoms with Gasteiger partial charge in [0.2, 0.25) is 0 Å². The van der Waals surface area contributed by atoms with Crippen molar-refractivity contribution in [1.29, 1.82) is 0 Å². The highest BCUT2D eigenvalue weighted by molar-refractivity contribution is 7.19. The van der Waals surface area contributed by atoms with E-state index in [2.05, 4.69) is 11.6 Å². The van der Waals surface area contributed by atoms with E-state index in [1.165, 1.54) is 17.4 Å². The maximum Gasteiger partial charge on any atom is 0.341 e. The van der Waals surface area contributed by atoms with Gasteiger partial charge in [-0.2, -0.15) is 0 Å². The van der Waals surface area contributed by atoms with Crippen molar-refractivity contribution in [3.05, 3.63) is 39.5 Å². The van der Waals surface area contributed by atoms with Crippen LogP contribution >= 0.6 is 11.3 Å². The van der Waals surface area contributed by atoms with Gasteiger partial charge in [0.15, 0.2) is 0 Å². The summed E-state index contributed by atoms with van der Waals surface area (Å²) >= 11 is 1.39. The lowest BCUT2D eigenvalue weighted by atomic mass is 10.2. The largest absolute Gasteiger partial charge is 0.477 e. The molecule has 0 atom stereocenters. The lowest BCUT2D eigenvalue weighted by molar-refractivity contribution is 0.0695. The number of rotatable bonds is 2. The number of aromatic carboxylic acids is 1. The Kier molecular flexibility index (Phi) is 2.17. The molecule has 0 aromatic carbocycles. The number of aromatic nitrogens is 1. The number of nitrogens with one attached hydrogen (secondary N) is 1. The molecule has 15 heavy (non-hydrogen) atoms. The molecule has 0 amide bonds. The van der Waals surface area contributed by atoms with E-state index in [4.69, 9.17) is 5.11 Å². The van der Waals surface area contributed by atoms with Crippen LogP contribution in [-0.4, -0.2) is 16.1 Å². The van der Waals surface area contributed by atoms with Crippen molar-refractivity contribution in [2.75, 3.05) is 0 Å². The first-order chi connectivity index (χ1) is 7.11. The zero-order chi connectivity index (χ0) is 11.0. The van der Waals surface area contributed by atoms with Crippen molar-refractivity contribution >= 4 is 33.6 Å². The average Bonchev–Trinajstić information content (AvgIpc) is 2.58. The molecule has 4 nitrogen and oxygen atoms in total. The van der Waals surface area contributed by atoms with Crippen LogP contribution < -0.4 is 5.56 Å². The van der Waals surface area contributed by atoms with Gasteiger partial charge in [-0.25, -0.2) is 4.79 Å². The van der Waals surface area contributed by atoms with Gasteiger partial charge in [-0.1, -0.05) is 12.7 Å². The fourth-order valence-electron chi connectivity index (χ4n) is 1.28. The van der Waals surface area contributed by atoms with Crippen LogP contribution in [0.3, 0.4) is 0 Å². The fraction of sp³-hybridized carbons (Fsp3) is 0. The molecule has 0 saturated carbocycles. The van der Waals surface area contributed by atoms with Gasteiger partial charge >= 0.3 is 5.97 Å². The van der Waals surface area contributed by atoms with E-state index in [1.807, 2.05) is 0 Å². The summed E-state index contributed by atoms with van der Waals surface area (Å²) in [5.74, 6) is -1.22. The van der Waals surface area contributed by atoms with E-state index in [9.17, 15) is 9.59 Å². The monoisotopic (exact) mass is 221 g/mol. The summed E-state index contributed by atoms with van der Waals surface area (Å²) in [4.78, 5) is 25.4. The molecule has 2 aromatic heterocycles. The Bertz CT molecular complexity index is 609. The van der Waals surface area contributed by atoms with Crippen molar-refractivity contribution in [3.8, 4) is 0 Å². The van der Waals surface area contributed by atoms with Gasteiger partial charge in [-0.3, -0.25) is 4.79 Å². The van der Waals surface area contributed by atoms with Crippen LogP contribution in [0.1, 0.15) is 15.2 Å². The van der Waals surface area contributed by atoms with E-state index in [-0.39, 0.29) is 5.56 Å². The Morgan fingerprint density at radius 1 is 1.53 bits per heavy atom. The van der Waals surface area contributed by atoms with E-state index in [0.717, 1.165) is 9.58 Å². The third-order valence-electron chi connectivity index (χ3n) is 1.98. The second-order valence-corrected chi connectivity index (χ2v) is 4.06. The third kappa shape index (κ3) is 1.57. The molecule has 76 valence electrons. The van der Waals surface area contributed by atoms with Gasteiger partial charge < -0.3 is 10.1 Å².